The highest BCUT2D eigenvalue weighted by Crippen LogP contribution is 2.38. The average molecular weight is 441 g/mol. The van der Waals surface area contributed by atoms with Crippen LogP contribution in [0.2, 0.25) is 0 Å². The molecule has 4 rings (SSSR count). The molecule has 2 aliphatic rings. The maximum absolute atomic E-state index is 12.5. The van der Waals surface area contributed by atoms with Crippen LogP contribution in [0.5, 0.6) is 0 Å². The van der Waals surface area contributed by atoms with Crippen molar-refractivity contribution in [1.29, 1.82) is 0 Å². The predicted molar refractivity (Wildman–Crippen MR) is 102 cm³/mol. The Labute approximate surface area is 170 Å². The fraction of sp³-hybridized carbons (Fsp3) is 0.368. The Hall–Kier alpha value is -2.82. The van der Waals surface area contributed by atoms with Gasteiger partial charge in [0.15, 0.2) is 0 Å². The van der Waals surface area contributed by atoms with E-state index in [1.165, 1.54) is 11.1 Å². The molecule has 2 N–H and O–H groups in total. The molecule has 1 aromatic carbocycles. The third-order valence-corrected chi connectivity index (χ3v) is 6.65. The van der Waals surface area contributed by atoms with E-state index < -0.39 is 33.8 Å². The lowest BCUT2D eigenvalue weighted by atomic mass is 9.98. The molecule has 1 aromatic heterocycles. The highest BCUT2D eigenvalue weighted by Gasteiger charge is 2.40. The van der Waals surface area contributed by atoms with Crippen molar-refractivity contribution in [2.45, 2.75) is 44.7 Å². The minimum atomic E-state index is -5.13. The molecular weight excluding hydrogens is 423 g/mol. The van der Waals surface area contributed by atoms with Gasteiger partial charge in [0.1, 0.15) is 0 Å². The van der Waals surface area contributed by atoms with Crippen LogP contribution in [0.4, 0.5) is 23.7 Å². The molecule has 0 atom stereocenters. The number of hydrogen-bond donors (Lipinski definition) is 2. The van der Waals surface area contributed by atoms with Gasteiger partial charge in [-0.05, 0) is 72.9 Å². The number of anilines is 1. The molecule has 0 fully saturated rings. The number of benzene rings is 1. The number of alkyl halides is 3. The molecule has 11 heteroatoms. The fourth-order valence-electron chi connectivity index (χ4n) is 4.16. The summed E-state index contributed by atoms with van der Waals surface area (Å²) >= 11 is 0. The van der Waals surface area contributed by atoms with E-state index in [1.54, 1.807) is 4.72 Å². The second-order valence-corrected chi connectivity index (χ2v) is 8.92. The molecule has 2 aromatic rings. The van der Waals surface area contributed by atoms with E-state index in [9.17, 15) is 31.2 Å². The number of ketones is 1. The van der Waals surface area contributed by atoms with Gasteiger partial charge in [-0.3, -0.25) is 4.79 Å². The summed E-state index contributed by atoms with van der Waals surface area (Å²) in [4.78, 5) is 23.6. The van der Waals surface area contributed by atoms with Gasteiger partial charge in [0.2, 0.25) is 0 Å². The number of nitrogens with zero attached hydrogens (tertiary/aromatic N) is 1. The lowest BCUT2D eigenvalue weighted by Gasteiger charge is -2.15. The quantitative estimate of drug-likeness (QED) is 0.713. The molecule has 0 saturated carbocycles. The highest BCUT2D eigenvalue weighted by molar-refractivity contribution is 7.88. The number of hydrogen-bond acceptors (Lipinski definition) is 4. The molecule has 0 unspecified atom stereocenters. The van der Waals surface area contributed by atoms with E-state index in [0.717, 1.165) is 61.9 Å². The molecule has 160 valence electrons. The molecule has 0 radical (unpaired) electrons. The van der Waals surface area contributed by atoms with E-state index in [4.69, 9.17) is 0 Å². The van der Waals surface area contributed by atoms with Crippen LogP contribution in [0.25, 0.3) is 0 Å². The molecule has 1 heterocycles. The van der Waals surface area contributed by atoms with Gasteiger partial charge in [0, 0.05) is 23.6 Å². The van der Waals surface area contributed by atoms with Gasteiger partial charge in [0.05, 0.1) is 0 Å². The third-order valence-electron chi connectivity index (χ3n) is 5.42. The monoisotopic (exact) mass is 441 g/mol. The minimum absolute atomic E-state index is 0.360. The van der Waals surface area contributed by atoms with Crippen molar-refractivity contribution in [1.82, 2.24) is 8.69 Å². The average Bonchev–Trinajstić information content (AvgIpc) is 3.38. The number of nitrogens with one attached hydrogen (secondary N) is 2. The van der Waals surface area contributed by atoms with Crippen LogP contribution in [0, 0.1) is 0 Å². The van der Waals surface area contributed by atoms with Crippen molar-refractivity contribution in [2.24, 2.45) is 0 Å². The zero-order valence-electron chi connectivity index (χ0n) is 15.7. The van der Waals surface area contributed by atoms with Crippen molar-refractivity contribution in [3.63, 3.8) is 0 Å². The fourth-order valence-corrected chi connectivity index (χ4v) is 5.02. The lowest BCUT2D eigenvalue weighted by molar-refractivity contribution is -0.0885. The van der Waals surface area contributed by atoms with Crippen LogP contribution in [-0.4, -0.2) is 30.4 Å². The van der Waals surface area contributed by atoms with Crippen molar-refractivity contribution in [2.75, 3.05) is 5.32 Å². The van der Waals surface area contributed by atoms with Crippen LogP contribution in [0.1, 0.15) is 45.5 Å². The van der Waals surface area contributed by atoms with Crippen LogP contribution in [0.15, 0.2) is 24.5 Å². The van der Waals surface area contributed by atoms with Crippen molar-refractivity contribution < 1.29 is 31.2 Å². The number of amides is 2. The zero-order valence-corrected chi connectivity index (χ0v) is 16.5. The van der Waals surface area contributed by atoms with Crippen LogP contribution < -0.4 is 10.0 Å². The maximum Gasteiger partial charge on any atom is 0.454 e. The Morgan fingerprint density at radius 3 is 2.40 bits per heavy atom. The van der Waals surface area contributed by atoms with Crippen LogP contribution in [-0.2, 0) is 35.9 Å². The molecule has 0 aliphatic heterocycles. The normalized spacial score (nSPS) is 15.6. The summed E-state index contributed by atoms with van der Waals surface area (Å²) in [5.74, 6) is -2.17. The lowest BCUT2D eigenvalue weighted by Crippen LogP contribution is -2.37. The van der Waals surface area contributed by atoms with Gasteiger partial charge in [-0.1, -0.05) is 0 Å². The Kier molecular flexibility index (Phi) is 4.88. The SMILES string of the molecule is O=C(Nc1cc2c(c3c1CCC3)CCC2)NS(=O)(=O)n1ccc(C(=O)C(F)(F)F)c1. The van der Waals surface area contributed by atoms with Gasteiger partial charge in [0.25, 0.3) is 5.78 Å². The first-order chi connectivity index (χ1) is 14.1. The molecule has 0 bridgehead atoms. The molecule has 2 amide bonds. The number of rotatable bonds is 4. The van der Waals surface area contributed by atoms with Crippen molar-refractivity contribution in [3.8, 4) is 0 Å². The van der Waals surface area contributed by atoms with E-state index in [2.05, 4.69) is 5.32 Å². The number of aryl methyl sites for hydroxylation is 1. The molecule has 0 spiro atoms. The topological polar surface area (TPSA) is 97.3 Å². The Balaban J connectivity index is 1.52. The van der Waals surface area contributed by atoms with Gasteiger partial charge < -0.3 is 5.32 Å². The van der Waals surface area contributed by atoms with E-state index in [1.807, 2.05) is 6.07 Å². The van der Waals surface area contributed by atoms with Gasteiger partial charge in [-0.2, -0.15) is 21.6 Å². The van der Waals surface area contributed by atoms with Gasteiger partial charge >= 0.3 is 22.4 Å². The summed E-state index contributed by atoms with van der Waals surface area (Å²) < 4.78 is 64.3. The maximum atomic E-state index is 12.5. The number of carbonyl (C=O) groups is 2. The Bertz CT molecular complexity index is 1150. The first-order valence-corrected chi connectivity index (χ1v) is 10.8. The van der Waals surface area contributed by atoms with E-state index >= 15 is 0 Å². The van der Waals surface area contributed by atoms with Crippen LogP contribution >= 0.6 is 0 Å². The Morgan fingerprint density at radius 2 is 1.67 bits per heavy atom. The minimum Gasteiger partial charge on any atom is -0.307 e. The van der Waals surface area contributed by atoms with E-state index in [0.29, 0.717) is 15.9 Å². The summed E-state index contributed by atoms with van der Waals surface area (Å²) in [6, 6.07) is 1.56. The number of Topliss-reactive ketones (excluding diaryl/α,β-unsaturated/α-hetero) is 1. The summed E-state index contributed by atoms with van der Waals surface area (Å²) in [6.07, 6.45) is 1.76. The summed E-state index contributed by atoms with van der Waals surface area (Å²) in [5, 5.41) is 2.56. The number of urea groups is 1. The molecule has 0 saturated heterocycles. The highest BCUT2D eigenvalue weighted by atomic mass is 32.2. The van der Waals surface area contributed by atoms with Crippen molar-refractivity contribution >= 4 is 27.7 Å². The third kappa shape index (κ3) is 3.69. The van der Waals surface area contributed by atoms with Crippen LogP contribution in [0.3, 0.4) is 0 Å². The first-order valence-electron chi connectivity index (χ1n) is 9.36. The molecule has 2 aliphatic carbocycles. The summed E-state index contributed by atoms with van der Waals surface area (Å²) in [6.45, 7) is 0. The van der Waals surface area contributed by atoms with E-state index in [-0.39, 0.29) is 0 Å². The zero-order chi connectivity index (χ0) is 21.7. The molecule has 7 nitrogen and oxygen atoms in total. The smallest absolute Gasteiger partial charge is 0.307 e. The number of fused-ring (bicyclic) bond motifs is 3. The summed E-state index contributed by atoms with van der Waals surface area (Å²) in [5.41, 5.74) is 4.41. The molecular formula is C19H18F3N3O4S. The second kappa shape index (κ2) is 7.15. The second-order valence-electron chi connectivity index (χ2n) is 7.34. The number of carbonyl (C=O) groups excluding carboxylic acids is 2. The standard InChI is InChI=1S/C19H18F3N3O4S/c20-19(21,22)17(26)12-7-8-25(10-12)30(28,29)24-18(27)23-16-9-11-3-1-4-13(11)14-5-2-6-15(14)16/h7-10H,1-6H2,(H2,23,24,27). The van der Waals surface area contributed by atoms with Crippen molar-refractivity contribution in [3.05, 3.63) is 52.3 Å². The number of halogens is 3. The van der Waals surface area contributed by atoms with Gasteiger partial charge in [-0.25, -0.2) is 13.5 Å². The summed E-state index contributed by atoms with van der Waals surface area (Å²) in [7, 11) is -4.53. The predicted octanol–water partition coefficient (Wildman–Crippen LogP) is 3.13. The Morgan fingerprint density at radius 1 is 1.00 bits per heavy atom. The molecule has 30 heavy (non-hydrogen) atoms. The largest absolute Gasteiger partial charge is 0.454 e. The first kappa shape index (κ1) is 20.5. The van der Waals surface area contributed by atoms with Gasteiger partial charge in [-0.15, -0.1) is 0 Å². The number of aromatic nitrogens is 1.